The molecule has 0 aromatic heterocycles. The van der Waals surface area contributed by atoms with Crippen molar-refractivity contribution in [3.63, 3.8) is 0 Å². The molecule has 0 saturated carbocycles. The lowest BCUT2D eigenvalue weighted by Gasteiger charge is -2.20. The summed E-state index contributed by atoms with van der Waals surface area (Å²) in [6.07, 6.45) is 0.352. The highest BCUT2D eigenvalue weighted by molar-refractivity contribution is 5.70. The van der Waals surface area contributed by atoms with Gasteiger partial charge in [-0.15, -0.1) is 0 Å². The second-order valence-corrected chi connectivity index (χ2v) is 5.54. The van der Waals surface area contributed by atoms with E-state index in [4.69, 9.17) is 5.11 Å². The van der Waals surface area contributed by atoms with Gasteiger partial charge in [0.05, 0.1) is 5.92 Å². The summed E-state index contributed by atoms with van der Waals surface area (Å²) in [5, 5.41) is 18.6. The first-order valence-corrected chi connectivity index (χ1v) is 5.77. The average Bonchev–Trinajstić information content (AvgIpc) is 2.19. The van der Waals surface area contributed by atoms with Gasteiger partial charge in [-0.25, -0.2) is 0 Å². The Balaban J connectivity index is 3.03. The highest BCUT2D eigenvalue weighted by atomic mass is 16.4. The van der Waals surface area contributed by atoms with E-state index in [0.29, 0.717) is 12.0 Å². The van der Waals surface area contributed by atoms with Crippen LogP contribution in [0.4, 0.5) is 0 Å². The molecule has 1 aromatic carbocycles. The maximum atomic E-state index is 10.8. The summed E-state index contributed by atoms with van der Waals surface area (Å²) < 4.78 is 0. The summed E-state index contributed by atoms with van der Waals surface area (Å²) >= 11 is 0. The Morgan fingerprint density at radius 1 is 1.35 bits per heavy atom. The Labute approximate surface area is 102 Å². The molecule has 1 atom stereocenters. The van der Waals surface area contributed by atoms with Crippen LogP contribution in [0.1, 0.15) is 38.8 Å². The van der Waals surface area contributed by atoms with Gasteiger partial charge in [-0.05, 0) is 29.0 Å². The number of phenolic OH excluding ortho intramolecular Hbond substituents is 1. The van der Waals surface area contributed by atoms with Gasteiger partial charge in [0.15, 0.2) is 0 Å². The van der Waals surface area contributed by atoms with Crippen molar-refractivity contribution in [1.29, 1.82) is 0 Å². The minimum absolute atomic E-state index is 0.00505. The largest absolute Gasteiger partial charge is 0.508 e. The third-order valence-electron chi connectivity index (χ3n) is 2.89. The SMILES string of the molecule is CC(Cc1cc(C(C)(C)C)ccc1O)C(=O)O. The summed E-state index contributed by atoms with van der Waals surface area (Å²) in [6, 6.07) is 5.42. The van der Waals surface area contributed by atoms with Crippen molar-refractivity contribution in [2.45, 2.75) is 39.5 Å². The van der Waals surface area contributed by atoms with E-state index in [2.05, 4.69) is 20.8 Å². The predicted molar refractivity (Wildman–Crippen MR) is 67.3 cm³/mol. The van der Waals surface area contributed by atoms with E-state index >= 15 is 0 Å². The lowest BCUT2D eigenvalue weighted by atomic mass is 9.85. The molecule has 1 unspecified atom stereocenters. The third-order valence-corrected chi connectivity index (χ3v) is 2.89. The Hall–Kier alpha value is -1.51. The minimum Gasteiger partial charge on any atom is -0.508 e. The molecule has 0 radical (unpaired) electrons. The number of hydrogen-bond donors (Lipinski definition) is 2. The van der Waals surface area contributed by atoms with Crippen LogP contribution in [0.3, 0.4) is 0 Å². The molecular formula is C14H20O3. The Morgan fingerprint density at radius 3 is 2.41 bits per heavy atom. The second kappa shape index (κ2) is 4.78. The summed E-state index contributed by atoms with van der Waals surface area (Å²) in [4.78, 5) is 10.8. The first-order chi connectivity index (χ1) is 7.71. The van der Waals surface area contributed by atoms with Crippen LogP contribution in [0.5, 0.6) is 5.75 Å². The molecule has 0 aliphatic carbocycles. The second-order valence-electron chi connectivity index (χ2n) is 5.54. The smallest absolute Gasteiger partial charge is 0.306 e. The molecule has 0 spiro atoms. The van der Waals surface area contributed by atoms with Crippen LogP contribution in [0.15, 0.2) is 18.2 Å². The number of aliphatic carboxylic acids is 1. The van der Waals surface area contributed by atoms with E-state index in [-0.39, 0.29) is 11.2 Å². The molecule has 94 valence electrons. The van der Waals surface area contributed by atoms with Crippen molar-refractivity contribution in [1.82, 2.24) is 0 Å². The van der Waals surface area contributed by atoms with Crippen LogP contribution in [0.2, 0.25) is 0 Å². The monoisotopic (exact) mass is 236 g/mol. The number of phenols is 1. The van der Waals surface area contributed by atoms with Gasteiger partial charge in [0.25, 0.3) is 0 Å². The molecule has 3 heteroatoms. The molecule has 17 heavy (non-hydrogen) atoms. The third kappa shape index (κ3) is 3.48. The molecule has 0 heterocycles. The molecule has 0 aliphatic rings. The van der Waals surface area contributed by atoms with E-state index < -0.39 is 11.9 Å². The van der Waals surface area contributed by atoms with Gasteiger partial charge in [-0.3, -0.25) is 4.79 Å². The molecule has 0 saturated heterocycles. The summed E-state index contributed by atoms with van der Waals surface area (Å²) in [7, 11) is 0. The molecule has 0 bridgehead atoms. The van der Waals surface area contributed by atoms with Crippen LogP contribution in [0, 0.1) is 5.92 Å². The van der Waals surface area contributed by atoms with Gasteiger partial charge >= 0.3 is 5.97 Å². The molecule has 0 amide bonds. The molecule has 0 aliphatic heterocycles. The fourth-order valence-corrected chi connectivity index (χ4v) is 1.63. The van der Waals surface area contributed by atoms with Crippen LogP contribution in [0.25, 0.3) is 0 Å². The van der Waals surface area contributed by atoms with Crippen LogP contribution >= 0.6 is 0 Å². The van der Waals surface area contributed by atoms with Crippen LogP contribution < -0.4 is 0 Å². The Bertz CT molecular complexity index is 416. The summed E-state index contributed by atoms with van der Waals surface area (Å²) in [6.45, 7) is 7.91. The van der Waals surface area contributed by atoms with Gasteiger partial charge < -0.3 is 10.2 Å². The fraction of sp³-hybridized carbons (Fsp3) is 0.500. The Morgan fingerprint density at radius 2 is 1.94 bits per heavy atom. The molecule has 3 nitrogen and oxygen atoms in total. The number of hydrogen-bond acceptors (Lipinski definition) is 2. The predicted octanol–water partition coefficient (Wildman–Crippen LogP) is 2.95. The number of aromatic hydroxyl groups is 1. The zero-order valence-electron chi connectivity index (χ0n) is 10.8. The van der Waals surface area contributed by atoms with Crippen LogP contribution in [-0.4, -0.2) is 16.2 Å². The maximum Gasteiger partial charge on any atom is 0.306 e. The van der Waals surface area contributed by atoms with E-state index in [1.54, 1.807) is 13.0 Å². The molecule has 1 aromatic rings. The van der Waals surface area contributed by atoms with Crippen molar-refractivity contribution < 1.29 is 15.0 Å². The highest BCUT2D eigenvalue weighted by Gasteiger charge is 2.18. The summed E-state index contributed by atoms with van der Waals surface area (Å²) in [5.41, 5.74) is 1.80. The molecule has 2 N–H and O–H groups in total. The van der Waals surface area contributed by atoms with Crippen molar-refractivity contribution in [3.05, 3.63) is 29.3 Å². The first kappa shape index (κ1) is 13.6. The molecular weight excluding hydrogens is 216 g/mol. The normalized spacial score (nSPS) is 13.4. The van der Waals surface area contributed by atoms with Crippen molar-refractivity contribution in [2.24, 2.45) is 5.92 Å². The van der Waals surface area contributed by atoms with Crippen LogP contribution in [-0.2, 0) is 16.6 Å². The quantitative estimate of drug-likeness (QED) is 0.848. The van der Waals surface area contributed by atoms with Crippen molar-refractivity contribution >= 4 is 5.97 Å². The minimum atomic E-state index is -0.842. The molecule has 1 rings (SSSR count). The highest BCUT2D eigenvalue weighted by Crippen LogP contribution is 2.28. The average molecular weight is 236 g/mol. The van der Waals surface area contributed by atoms with Crippen molar-refractivity contribution in [2.75, 3.05) is 0 Å². The number of carboxylic acids is 1. The van der Waals surface area contributed by atoms with Gasteiger partial charge in [-0.1, -0.05) is 39.8 Å². The van der Waals surface area contributed by atoms with Crippen molar-refractivity contribution in [3.8, 4) is 5.75 Å². The zero-order chi connectivity index (χ0) is 13.2. The van der Waals surface area contributed by atoms with Gasteiger partial charge in [0, 0.05) is 0 Å². The van der Waals surface area contributed by atoms with Gasteiger partial charge in [0.1, 0.15) is 5.75 Å². The lowest BCUT2D eigenvalue weighted by Crippen LogP contribution is -2.14. The van der Waals surface area contributed by atoms with E-state index in [1.807, 2.05) is 12.1 Å². The molecule has 0 fully saturated rings. The first-order valence-electron chi connectivity index (χ1n) is 5.77. The Kier molecular flexibility index (Phi) is 3.81. The van der Waals surface area contributed by atoms with E-state index in [0.717, 1.165) is 5.56 Å². The summed E-state index contributed by atoms with van der Waals surface area (Å²) in [5.74, 6) is -1.16. The van der Waals surface area contributed by atoms with Gasteiger partial charge in [0.2, 0.25) is 0 Å². The number of carbonyl (C=O) groups is 1. The zero-order valence-corrected chi connectivity index (χ0v) is 10.8. The number of rotatable bonds is 3. The standard InChI is InChI=1S/C14H20O3/c1-9(13(16)17)7-10-8-11(14(2,3)4)5-6-12(10)15/h5-6,8-9,15H,7H2,1-4H3,(H,16,17). The van der Waals surface area contributed by atoms with Gasteiger partial charge in [-0.2, -0.15) is 0 Å². The maximum absolute atomic E-state index is 10.8. The number of carboxylic acid groups (broad SMARTS) is 1. The van der Waals surface area contributed by atoms with E-state index in [9.17, 15) is 9.90 Å². The van der Waals surface area contributed by atoms with E-state index in [1.165, 1.54) is 0 Å². The topological polar surface area (TPSA) is 57.5 Å². The number of benzene rings is 1. The fourth-order valence-electron chi connectivity index (χ4n) is 1.63. The lowest BCUT2D eigenvalue weighted by molar-refractivity contribution is -0.141.